The Hall–Kier alpha value is -1.00. The molecule has 0 saturated carbocycles. The van der Waals surface area contributed by atoms with E-state index in [2.05, 4.69) is 38.2 Å². The molecule has 0 heterocycles. The molecule has 0 saturated heterocycles. The summed E-state index contributed by atoms with van der Waals surface area (Å²) >= 11 is 0. The number of alkyl halides is 2. The van der Waals surface area contributed by atoms with Crippen LogP contribution in [0.4, 0.5) is 8.78 Å². The van der Waals surface area contributed by atoms with Gasteiger partial charge >= 0.3 is 0 Å². The van der Waals surface area contributed by atoms with E-state index in [9.17, 15) is 8.78 Å². The Balaban J connectivity index is 2.50. The molecule has 1 aromatic rings. The Bertz CT molecular complexity index is 370. The molecule has 0 aliphatic rings. The van der Waals surface area contributed by atoms with E-state index in [0.29, 0.717) is 18.5 Å². The smallest absolute Gasteiger partial charge is 0.263 e. The number of rotatable bonds is 7. The summed E-state index contributed by atoms with van der Waals surface area (Å²) in [6.07, 6.45) is -2.40. The Kier molecular flexibility index (Phi) is 6.38. The van der Waals surface area contributed by atoms with Crippen molar-refractivity contribution >= 4 is 0 Å². The van der Waals surface area contributed by atoms with Crippen molar-refractivity contribution in [2.75, 3.05) is 20.6 Å². The zero-order valence-corrected chi connectivity index (χ0v) is 12.2. The highest BCUT2D eigenvalue weighted by Gasteiger charge is 2.15. The molecule has 4 heteroatoms. The predicted octanol–water partition coefficient (Wildman–Crippen LogP) is 3.30. The molecule has 0 bridgehead atoms. The fourth-order valence-electron chi connectivity index (χ4n) is 2.22. The van der Waals surface area contributed by atoms with Gasteiger partial charge in [0.2, 0.25) is 0 Å². The molecule has 0 aliphatic carbocycles. The third-order valence-electron chi connectivity index (χ3n) is 3.32. The van der Waals surface area contributed by atoms with Crippen LogP contribution in [0.3, 0.4) is 0 Å². The monoisotopic (exact) mass is 270 g/mol. The van der Waals surface area contributed by atoms with Gasteiger partial charge < -0.3 is 10.2 Å². The van der Waals surface area contributed by atoms with E-state index in [1.165, 1.54) is 6.07 Å². The Labute approximate surface area is 114 Å². The van der Waals surface area contributed by atoms with Crippen molar-refractivity contribution < 1.29 is 8.78 Å². The summed E-state index contributed by atoms with van der Waals surface area (Å²) in [7, 11) is 4.12. The summed E-state index contributed by atoms with van der Waals surface area (Å²) in [6, 6.07) is 7.03. The number of nitrogens with zero attached hydrogens (tertiary/aromatic N) is 1. The Morgan fingerprint density at radius 1 is 1.21 bits per heavy atom. The van der Waals surface area contributed by atoms with Gasteiger partial charge in [0.25, 0.3) is 6.43 Å². The number of nitrogens with one attached hydrogen (secondary N) is 1. The summed E-state index contributed by atoms with van der Waals surface area (Å²) in [6.45, 7) is 5.84. The van der Waals surface area contributed by atoms with Crippen molar-refractivity contribution in [3.05, 3.63) is 35.4 Å². The van der Waals surface area contributed by atoms with Crippen molar-refractivity contribution in [2.24, 2.45) is 5.92 Å². The second-order valence-electron chi connectivity index (χ2n) is 5.45. The van der Waals surface area contributed by atoms with Crippen molar-refractivity contribution in [1.82, 2.24) is 10.2 Å². The topological polar surface area (TPSA) is 15.3 Å². The third-order valence-corrected chi connectivity index (χ3v) is 3.32. The highest BCUT2D eigenvalue weighted by molar-refractivity contribution is 5.24. The van der Waals surface area contributed by atoms with Crippen LogP contribution in [-0.2, 0) is 6.54 Å². The van der Waals surface area contributed by atoms with Crippen LogP contribution >= 0.6 is 0 Å². The lowest BCUT2D eigenvalue weighted by Crippen LogP contribution is -2.41. The van der Waals surface area contributed by atoms with E-state index in [0.717, 1.165) is 12.1 Å². The average Bonchev–Trinajstić information content (AvgIpc) is 2.34. The van der Waals surface area contributed by atoms with Gasteiger partial charge in [-0.2, -0.15) is 0 Å². The molecule has 2 nitrogen and oxygen atoms in total. The first-order valence-electron chi connectivity index (χ1n) is 6.66. The maximum Gasteiger partial charge on any atom is 0.263 e. The Morgan fingerprint density at radius 2 is 1.89 bits per heavy atom. The van der Waals surface area contributed by atoms with Gasteiger partial charge in [0.1, 0.15) is 0 Å². The van der Waals surface area contributed by atoms with Gasteiger partial charge in [-0.1, -0.05) is 32.0 Å². The standard InChI is InChI=1S/C15H24F2N2/c1-11(2)14(19(3)4)10-18-9-12-6-5-7-13(8-12)15(16)17/h5-8,11,14-15,18H,9-10H2,1-4H3. The normalized spacial score (nSPS) is 13.5. The van der Waals surface area contributed by atoms with Crippen molar-refractivity contribution in [3.8, 4) is 0 Å². The summed E-state index contributed by atoms with van der Waals surface area (Å²) in [5.41, 5.74) is 0.992. The van der Waals surface area contributed by atoms with Gasteiger partial charge in [0, 0.05) is 24.7 Å². The fraction of sp³-hybridized carbons (Fsp3) is 0.600. The van der Waals surface area contributed by atoms with Crippen LogP contribution in [0, 0.1) is 5.92 Å². The maximum atomic E-state index is 12.6. The lowest BCUT2D eigenvalue weighted by Gasteiger charge is -2.28. The molecule has 0 aromatic heterocycles. The van der Waals surface area contributed by atoms with Gasteiger partial charge in [-0.3, -0.25) is 0 Å². The first-order chi connectivity index (χ1) is 8.91. The molecule has 0 spiro atoms. The number of hydrogen-bond acceptors (Lipinski definition) is 2. The second-order valence-corrected chi connectivity index (χ2v) is 5.45. The molecule has 0 radical (unpaired) electrons. The van der Waals surface area contributed by atoms with Crippen LogP contribution in [0.5, 0.6) is 0 Å². The van der Waals surface area contributed by atoms with Crippen LogP contribution in [0.2, 0.25) is 0 Å². The van der Waals surface area contributed by atoms with E-state index >= 15 is 0 Å². The number of halogens is 2. The quantitative estimate of drug-likeness (QED) is 0.818. The minimum absolute atomic E-state index is 0.0901. The number of hydrogen-bond donors (Lipinski definition) is 1. The molecule has 19 heavy (non-hydrogen) atoms. The minimum Gasteiger partial charge on any atom is -0.311 e. The minimum atomic E-state index is -2.40. The second kappa shape index (κ2) is 7.56. The average molecular weight is 270 g/mol. The molecule has 0 aliphatic heterocycles. The first kappa shape index (κ1) is 16.1. The summed E-state index contributed by atoms with van der Waals surface area (Å²) in [5, 5.41) is 3.34. The van der Waals surface area contributed by atoms with Crippen molar-refractivity contribution in [2.45, 2.75) is 32.9 Å². The van der Waals surface area contributed by atoms with E-state index in [1.807, 2.05) is 6.07 Å². The lowest BCUT2D eigenvalue weighted by atomic mass is 10.0. The molecule has 1 unspecified atom stereocenters. The molecular formula is C15H24F2N2. The summed E-state index contributed by atoms with van der Waals surface area (Å²) in [5.74, 6) is 0.551. The molecular weight excluding hydrogens is 246 g/mol. The van der Waals surface area contributed by atoms with E-state index in [-0.39, 0.29) is 5.56 Å². The van der Waals surface area contributed by atoms with Gasteiger partial charge in [-0.15, -0.1) is 0 Å². The summed E-state index contributed by atoms with van der Waals surface area (Å²) in [4.78, 5) is 2.19. The van der Waals surface area contributed by atoms with Crippen LogP contribution in [-0.4, -0.2) is 31.6 Å². The van der Waals surface area contributed by atoms with E-state index in [1.54, 1.807) is 12.1 Å². The largest absolute Gasteiger partial charge is 0.311 e. The number of benzene rings is 1. The fourth-order valence-corrected chi connectivity index (χ4v) is 2.22. The molecule has 0 amide bonds. The number of likely N-dealkylation sites (N-methyl/N-ethyl adjacent to an activating group) is 1. The zero-order chi connectivity index (χ0) is 14.4. The molecule has 1 aromatic carbocycles. The van der Waals surface area contributed by atoms with Crippen molar-refractivity contribution in [3.63, 3.8) is 0 Å². The first-order valence-corrected chi connectivity index (χ1v) is 6.66. The van der Waals surface area contributed by atoms with Crippen molar-refractivity contribution in [1.29, 1.82) is 0 Å². The molecule has 1 rings (SSSR count). The highest BCUT2D eigenvalue weighted by Crippen LogP contribution is 2.19. The van der Waals surface area contributed by atoms with Gasteiger partial charge in [0.15, 0.2) is 0 Å². The highest BCUT2D eigenvalue weighted by atomic mass is 19.3. The van der Waals surface area contributed by atoms with Gasteiger partial charge in [-0.25, -0.2) is 8.78 Å². The maximum absolute atomic E-state index is 12.6. The zero-order valence-electron chi connectivity index (χ0n) is 12.2. The van der Waals surface area contributed by atoms with Crippen LogP contribution in [0.15, 0.2) is 24.3 Å². The molecule has 1 atom stereocenters. The van der Waals surface area contributed by atoms with E-state index < -0.39 is 6.43 Å². The molecule has 108 valence electrons. The predicted molar refractivity (Wildman–Crippen MR) is 75.4 cm³/mol. The van der Waals surface area contributed by atoms with Crippen LogP contribution in [0.25, 0.3) is 0 Å². The lowest BCUT2D eigenvalue weighted by molar-refractivity contribution is 0.151. The third kappa shape index (κ3) is 5.25. The van der Waals surface area contributed by atoms with E-state index in [4.69, 9.17) is 0 Å². The van der Waals surface area contributed by atoms with Gasteiger partial charge in [0.05, 0.1) is 0 Å². The Morgan fingerprint density at radius 3 is 2.42 bits per heavy atom. The summed E-state index contributed by atoms with van der Waals surface area (Å²) < 4.78 is 25.2. The van der Waals surface area contributed by atoms with Crippen LogP contribution in [0.1, 0.15) is 31.4 Å². The SMILES string of the molecule is CC(C)C(CNCc1cccc(C(F)F)c1)N(C)C. The molecule has 1 N–H and O–H groups in total. The van der Waals surface area contributed by atoms with Crippen LogP contribution < -0.4 is 5.32 Å². The van der Waals surface area contributed by atoms with Gasteiger partial charge in [-0.05, 0) is 31.6 Å². The molecule has 0 fully saturated rings.